The molecule has 0 aromatic heterocycles. The number of anilines is 2. The van der Waals surface area contributed by atoms with Crippen molar-refractivity contribution in [3.05, 3.63) is 52.5 Å². The van der Waals surface area contributed by atoms with Crippen molar-refractivity contribution in [1.82, 2.24) is 0 Å². The second-order valence-corrected chi connectivity index (χ2v) is 8.05. The summed E-state index contributed by atoms with van der Waals surface area (Å²) in [5.41, 5.74) is -0.118. The highest BCUT2D eigenvalue weighted by Gasteiger charge is 2.43. The van der Waals surface area contributed by atoms with Crippen LogP contribution in [0.2, 0.25) is 10.0 Å². The molecule has 2 aromatic carbocycles. The summed E-state index contributed by atoms with van der Waals surface area (Å²) in [5.74, 6) is -1.36. The van der Waals surface area contributed by atoms with Crippen LogP contribution in [-0.4, -0.2) is 36.0 Å². The van der Waals surface area contributed by atoms with E-state index < -0.39 is 30.1 Å². The molecule has 2 aromatic rings. The van der Waals surface area contributed by atoms with E-state index in [4.69, 9.17) is 32.7 Å². The van der Waals surface area contributed by atoms with Gasteiger partial charge in [0.25, 0.3) is 5.91 Å². The molecule has 0 aliphatic carbocycles. The Kier molecular flexibility index (Phi) is 6.24. The topological polar surface area (TPSA) is 84.9 Å². The molecule has 0 spiro atoms. The standard InChI is InChI=1S/C21H20Cl2N2O5/c1-12(30-17-9-8-13(22)10-14(17)23)19(27)29-11-18(26)25-16-7-5-4-6-15(16)24-20(28)21(25,2)3/h4-10,12H,11H2,1-3H3,(H,24,28)/t12-/m0/s1. The first-order valence-corrected chi connectivity index (χ1v) is 9.88. The number of esters is 1. The fourth-order valence-electron chi connectivity index (χ4n) is 3.02. The molecule has 0 radical (unpaired) electrons. The third kappa shape index (κ3) is 4.37. The number of benzene rings is 2. The zero-order valence-electron chi connectivity index (χ0n) is 16.6. The SMILES string of the molecule is C[C@H](Oc1ccc(Cl)cc1Cl)C(=O)OCC(=O)N1c2ccccc2NC(=O)C1(C)C. The number of ether oxygens (including phenoxy) is 2. The maximum absolute atomic E-state index is 12.9. The first kappa shape index (κ1) is 21.9. The van der Waals surface area contributed by atoms with Crippen molar-refractivity contribution < 1.29 is 23.9 Å². The Balaban J connectivity index is 1.68. The highest BCUT2D eigenvalue weighted by atomic mass is 35.5. The van der Waals surface area contributed by atoms with Crippen LogP contribution in [0.15, 0.2) is 42.5 Å². The minimum atomic E-state index is -1.16. The predicted molar refractivity (Wildman–Crippen MR) is 114 cm³/mol. The molecule has 0 unspecified atom stereocenters. The van der Waals surface area contributed by atoms with Gasteiger partial charge < -0.3 is 14.8 Å². The number of amides is 2. The predicted octanol–water partition coefficient (Wildman–Crippen LogP) is 4.07. The third-order valence-corrected chi connectivity index (χ3v) is 5.16. The second-order valence-electron chi connectivity index (χ2n) is 7.20. The summed E-state index contributed by atoms with van der Waals surface area (Å²) in [5, 5.41) is 3.45. The van der Waals surface area contributed by atoms with Crippen LogP contribution in [0.3, 0.4) is 0 Å². The monoisotopic (exact) mass is 450 g/mol. The Hall–Kier alpha value is -2.77. The van der Waals surface area contributed by atoms with Gasteiger partial charge in [-0.25, -0.2) is 4.79 Å². The highest BCUT2D eigenvalue weighted by Crippen LogP contribution is 2.36. The van der Waals surface area contributed by atoms with Gasteiger partial charge in [-0.05, 0) is 51.1 Å². The highest BCUT2D eigenvalue weighted by molar-refractivity contribution is 6.35. The first-order valence-electron chi connectivity index (χ1n) is 9.13. The number of hydrogen-bond donors (Lipinski definition) is 1. The Bertz CT molecular complexity index is 1010. The molecule has 7 nitrogen and oxygen atoms in total. The van der Waals surface area contributed by atoms with Gasteiger partial charge in [0.05, 0.1) is 16.4 Å². The van der Waals surface area contributed by atoms with Gasteiger partial charge in [0.1, 0.15) is 11.3 Å². The van der Waals surface area contributed by atoms with E-state index in [0.717, 1.165) is 0 Å². The summed E-state index contributed by atoms with van der Waals surface area (Å²) < 4.78 is 10.6. The summed E-state index contributed by atoms with van der Waals surface area (Å²) in [4.78, 5) is 39.0. The molecular formula is C21H20Cl2N2O5. The zero-order valence-corrected chi connectivity index (χ0v) is 18.1. The Morgan fingerprint density at radius 3 is 2.57 bits per heavy atom. The lowest BCUT2D eigenvalue weighted by molar-refractivity contribution is -0.154. The Morgan fingerprint density at radius 1 is 1.17 bits per heavy atom. The van der Waals surface area contributed by atoms with Gasteiger partial charge in [-0.2, -0.15) is 0 Å². The fourth-order valence-corrected chi connectivity index (χ4v) is 3.48. The smallest absolute Gasteiger partial charge is 0.347 e. The molecule has 158 valence electrons. The van der Waals surface area contributed by atoms with Crippen LogP contribution in [0.1, 0.15) is 20.8 Å². The van der Waals surface area contributed by atoms with Crippen LogP contribution in [0, 0.1) is 0 Å². The summed E-state index contributed by atoms with van der Waals surface area (Å²) in [6, 6.07) is 11.5. The number of hydrogen-bond acceptors (Lipinski definition) is 5. The largest absolute Gasteiger partial charge is 0.477 e. The van der Waals surface area contributed by atoms with Crippen LogP contribution in [0.25, 0.3) is 0 Å². The van der Waals surface area contributed by atoms with E-state index in [2.05, 4.69) is 5.32 Å². The number of nitrogens with zero attached hydrogens (tertiary/aromatic N) is 1. The van der Waals surface area contributed by atoms with Crippen molar-refractivity contribution in [3.63, 3.8) is 0 Å². The number of fused-ring (bicyclic) bond motifs is 1. The minimum Gasteiger partial charge on any atom is -0.477 e. The van der Waals surface area contributed by atoms with Crippen LogP contribution >= 0.6 is 23.2 Å². The molecule has 0 saturated heterocycles. The summed E-state index contributed by atoms with van der Waals surface area (Å²) in [6.45, 7) is 4.16. The lowest BCUT2D eigenvalue weighted by atomic mass is 9.96. The lowest BCUT2D eigenvalue weighted by Crippen LogP contribution is -2.59. The van der Waals surface area contributed by atoms with Crippen molar-refractivity contribution in [2.75, 3.05) is 16.8 Å². The van der Waals surface area contributed by atoms with Gasteiger partial charge in [0.15, 0.2) is 12.7 Å². The van der Waals surface area contributed by atoms with E-state index in [1.54, 1.807) is 44.2 Å². The van der Waals surface area contributed by atoms with E-state index in [-0.39, 0.29) is 16.7 Å². The minimum absolute atomic E-state index is 0.246. The molecule has 0 saturated carbocycles. The van der Waals surface area contributed by atoms with Crippen LogP contribution in [0.4, 0.5) is 11.4 Å². The molecule has 1 heterocycles. The van der Waals surface area contributed by atoms with Crippen molar-refractivity contribution >= 4 is 52.4 Å². The molecular weight excluding hydrogens is 431 g/mol. The van der Waals surface area contributed by atoms with Gasteiger partial charge in [0.2, 0.25) is 5.91 Å². The van der Waals surface area contributed by atoms with Crippen LogP contribution < -0.4 is 15.0 Å². The number of halogens is 2. The van der Waals surface area contributed by atoms with Crippen molar-refractivity contribution in [3.8, 4) is 5.75 Å². The number of nitrogens with one attached hydrogen (secondary N) is 1. The first-order chi connectivity index (χ1) is 14.1. The molecule has 9 heteroatoms. The summed E-state index contributed by atoms with van der Waals surface area (Å²) in [6.07, 6.45) is -1.01. The number of carbonyl (C=O) groups is 3. The Labute approximate surface area is 183 Å². The molecule has 2 amide bonds. The van der Waals surface area contributed by atoms with E-state index in [0.29, 0.717) is 16.4 Å². The lowest BCUT2D eigenvalue weighted by Gasteiger charge is -2.41. The molecule has 1 aliphatic heterocycles. The van der Waals surface area contributed by atoms with E-state index >= 15 is 0 Å². The van der Waals surface area contributed by atoms with Crippen molar-refractivity contribution in [1.29, 1.82) is 0 Å². The van der Waals surface area contributed by atoms with Gasteiger partial charge >= 0.3 is 5.97 Å². The van der Waals surface area contributed by atoms with E-state index in [9.17, 15) is 14.4 Å². The molecule has 1 atom stereocenters. The van der Waals surface area contributed by atoms with Crippen molar-refractivity contribution in [2.24, 2.45) is 0 Å². The van der Waals surface area contributed by atoms with Gasteiger partial charge in [-0.1, -0.05) is 35.3 Å². The van der Waals surface area contributed by atoms with Gasteiger partial charge in [-0.15, -0.1) is 0 Å². The van der Waals surface area contributed by atoms with Gasteiger partial charge in [-0.3, -0.25) is 14.5 Å². The normalized spacial score (nSPS) is 15.6. The Morgan fingerprint density at radius 2 is 1.87 bits per heavy atom. The third-order valence-electron chi connectivity index (χ3n) is 4.62. The van der Waals surface area contributed by atoms with Crippen LogP contribution in [0.5, 0.6) is 5.75 Å². The van der Waals surface area contributed by atoms with E-state index in [1.807, 2.05) is 0 Å². The summed E-state index contributed by atoms with van der Waals surface area (Å²) >= 11 is 11.9. The van der Waals surface area contributed by atoms with E-state index in [1.165, 1.54) is 24.0 Å². The second kappa shape index (κ2) is 8.53. The maximum Gasteiger partial charge on any atom is 0.347 e. The zero-order chi connectivity index (χ0) is 22.1. The average Bonchev–Trinajstić information content (AvgIpc) is 2.68. The summed E-state index contributed by atoms with van der Waals surface area (Å²) in [7, 11) is 0. The molecule has 30 heavy (non-hydrogen) atoms. The van der Waals surface area contributed by atoms with Crippen LogP contribution in [-0.2, 0) is 19.1 Å². The van der Waals surface area contributed by atoms with Gasteiger partial charge in [0, 0.05) is 5.02 Å². The molecule has 0 bridgehead atoms. The fraction of sp³-hybridized carbons (Fsp3) is 0.286. The number of rotatable bonds is 5. The number of carbonyl (C=O) groups excluding carboxylic acids is 3. The molecule has 1 N–H and O–H groups in total. The average molecular weight is 451 g/mol. The molecule has 3 rings (SSSR count). The molecule has 0 fully saturated rings. The quantitative estimate of drug-likeness (QED) is 0.693. The molecule has 1 aliphatic rings. The number of para-hydroxylation sites is 2. The van der Waals surface area contributed by atoms with Crippen molar-refractivity contribution in [2.45, 2.75) is 32.4 Å². The maximum atomic E-state index is 12.9.